The molecule has 0 spiro atoms. The summed E-state index contributed by atoms with van der Waals surface area (Å²) in [5.41, 5.74) is -1.14. The van der Waals surface area contributed by atoms with Crippen molar-refractivity contribution in [3.63, 3.8) is 0 Å². The van der Waals surface area contributed by atoms with Crippen molar-refractivity contribution in [3.8, 4) is 0 Å². The second-order valence-corrected chi connectivity index (χ2v) is 5.41. The Hall–Kier alpha value is -2.18. The van der Waals surface area contributed by atoms with Gasteiger partial charge in [0, 0.05) is 12.0 Å². The third kappa shape index (κ3) is 5.02. The number of carboxylic acid groups (broad SMARTS) is 1. The van der Waals surface area contributed by atoms with Gasteiger partial charge in [0.25, 0.3) is 0 Å². The normalized spacial score (nSPS) is 11.1. The van der Waals surface area contributed by atoms with Crippen LogP contribution in [0.3, 0.4) is 0 Å². The summed E-state index contributed by atoms with van der Waals surface area (Å²) >= 11 is 0. The maximum Gasteiger partial charge on any atom is 0.319 e. The molecule has 5 nitrogen and oxygen atoms in total. The van der Waals surface area contributed by atoms with Gasteiger partial charge in [-0.1, -0.05) is 6.07 Å². The van der Waals surface area contributed by atoms with E-state index in [0.717, 1.165) is 6.07 Å². The number of rotatable bonds is 5. The van der Waals surface area contributed by atoms with E-state index in [1.54, 1.807) is 13.8 Å². The van der Waals surface area contributed by atoms with Gasteiger partial charge in [-0.25, -0.2) is 13.6 Å². The lowest BCUT2D eigenvalue weighted by atomic mass is 9.99. The molecule has 2 amide bonds. The summed E-state index contributed by atoms with van der Waals surface area (Å²) in [6.07, 6.45) is 0.0645. The molecule has 0 aliphatic carbocycles. The second-order valence-electron chi connectivity index (χ2n) is 5.41. The van der Waals surface area contributed by atoms with Crippen molar-refractivity contribution in [3.05, 3.63) is 29.3 Å². The van der Waals surface area contributed by atoms with Crippen LogP contribution >= 0.6 is 0 Å². The second kappa shape index (κ2) is 6.51. The van der Waals surface area contributed by atoms with Gasteiger partial charge >= 0.3 is 12.0 Å². The molecule has 21 heavy (non-hydrogen) atoms. The number of urea groups is 1. The molecule has 0 atom stereocenters. The average Bonchev–Trinajstić information content (AvgIpc) is 2.36. The highest BCUT2D eigenvalue weighted by Crippen LogP contribution is 2.22. The lowest BCUT2D eigenvalue weighted by molar-refractivity contribution is -0.137. The number of amides is 2. The van der Waals surface area contributed by atoms with Gasteiger partial charge in [0.2, 0.25) is 0 Å². The molecule has 0 bridgehead atoms. The number of aryl methyl sites for hydroxylation is 1. The molecule has 116 valence electrons. The number of hydrogen-bond donors (Lipinski definition) is 3. The van der Waals surface area contributed by atoms with Crippen molar-refractivity contribution in [2.24, 2.45) is 0 Å². The molecule has 7 heteroatoms. The number of anilines is 1. The Kier molecular flexibility index (Phi) is 5.23. The molecule has 0 heterocycles. The fourth-order valence-corrected chi connectivity index (χ4v) is 1.71. The Morgan fingerprint density at radius 1 is 1.29 bits per heavy atom. The molecule has 1 rings (SSSR count). The Balaban J connectivity index is 2.74. The molecule has 0 aliphatic rings. The number of halogens is 2. The van der Waals surface area contributed by atoms with Crippen LogP contribution in [0, 0.1) is 18.6 Å². The molecular formula is C14H18F2N2O3. The van der Waals surface area contributed by atoms with Crippen LogP contribution in [0.5, 0.6) is 0 Å². The van der Waals surface area contributed by atoms with E-state index in [4.69, 9.17) is 5.11 Å². The third-order valence-corrected chi connectivity index (χ3v) is 2.94. The van der Waals surface area contributed by atoms with Crippen molar-refractivity contribution >= 4 is 17.7 Å². The molecule has 0 fully saturated rings. The molecule has 0 saturated heterocycles. The lowest BCUT2D eigenvalue weighted by Crippen LogP contribution is -2.46. The Morgan fingerprint density at radius 2 is 1.90 bits per heavy atom. The Labute approximate surface area is 121 Å². The summed E-state index contributed by atoms with van der Waals surface area (Å²) in [4.78, 5) is 22.3. The number of aliphatic carboxylic acids is 1. The third-order valence-electron chi connectivity index (χ3n) is 2.94. The monoisotopic (exact) mass is 300 g/mol. The summed E-state index contributed by atoms with van der Waals surface area (Å²) in [6.45, 7) is 4.70. The fraction of sp³-hybridized carbons (Fsp3) is 0.429. The van der Waals surface area contributed by atoms with E-state index >= 15 is 0 Å². The highest BCUT2D eigenvalue weighted by Gasteiger charge is 2.23. The van der Waals surface area contributed by atoms with Crippen LogP contribution in [-0.4, -0.2) is 22.6 Å². The minimum absolute atomic E-state index is 0.125. The smallest absolute Gasteiger partial charge is 0.319 e. The van der Waals surface area contributed by atoms with Gasteiger partial charge in [-0.2, -0.15) is 0 Å². The average molecular weight is 300 g/mol. The molecule has 0 unspecified atom stereocenters. The number of carbonyl (C=O) groups excluding carboxylic acids is 1. The fourth-order valence-electron chi connectivity index (χ4n) is 1.71. The first kappa shape index (κ1) is 16.9. The van der Waals surface area contributed by atoms with Crippen molar-refractivity contribution in [2.45, 2.75) is 39.2 Å². The standard InChI is InChI=1S/C14H18F2N2O3/c1-8-4-5-9(15)12(11(8)16)17-13(21)18-14(2,3)7-6-10(19)20/h4-5H,6-7H2,1-3H3,(H,19,20)(H2,17,18,21). The summed E-state index contributed by atoms with van der Waals surface area (Å²) in [5.74, 6) is -2.70. The molecule has 1 aromatic carbocycles. The minimum Gasteiger partial charge on any atom is -0.481 e. The zero-order valence-corrected chi connectivity index (χ0v) is 12.1. The van der Waals surface area contributed by atoms with Crippen molar-refractivity contribution in [2.75, 3.05) is 5.32 Å². The minimum atomic E-state index is -0.985. The number of hydrogen-bond acceptors (Lipinski definition) is 2. The quantitative estimate of drug-likeness (QED) is 0.782. The summed E-state index contributed by atoms with van der Waals surface area (Å²) in [7, 11) is 0. The van der Waals surface area contributed by atoms with Crippen molar-refractivity contribution < 1.29 is 23.5 Å². The van der Waals surface area contributed by atoms with E-state index in [9.17, 15) is 18.4 Å². The van der Waals surface area contributed by atoms with Crippen LogP contribution in [0.15, 0.2) is 12.1 Å². The summed E-state index contributed by atoms with van der Waals surface area (Å²) in [6, 6.07) is 1.53. The summed E-state index contributed by atoms with van der Waals surface area (Å²) < 4.78 is 27.3. The van der Waals surface area contributed by atoms with Gasteiger partial charge in [-0.05, 0) is 38.8 Å². The van der Waals surface area contributed by atoms with Crippen LogP contribution < -0.4 is 10.6 Å². The molecule has 3 N–H and O–H groups in total. The molecule has 0 saturated carbocycles. The van der Waals surface area contributed by atoms with Gasteiger partial charge < -0.3 is 15.7 Å². The maximum atomic E-state index is 13.7. The topological polar surface area (TPSA) is 78.4 Å². The first-order valence-corrected chi connectivity index (χ1v) is 6.38. The first-order chi connectivity index (χ1) is 9.62. The lowest BCUT2D eigenvalue weighted by Gasteiger charge is -2.25. The predicted molar refractivity (Wildman–Crippen MR) is 74.2 cm³/mol. The number of benzene rings is 1. The van der Waals surface area contributed by atoms with Gasteiger partial charge in [0.05, 0.1) is 0 Å². The van der Waals surface area contributed by atoms with Crippen molar-refractivity contribution in [1.82, 2.24) is 5.32 Å². The van der Waals surface area contributed by atoms with Crippen LogP contribution in [0.2, 0.25) is 0 Å². The van der Waals surface area contributed by atoms with Gasteiger partial charge in [-0.3, -0.25) is 4.79 Å². The largest absolute Gasteiger partial charge is 0.481 e. The molecule has 1 aromatic rings. The predicted octanol–water partition coefficient (Wildman–Crippen LogP) is 3.04. The van der Waals surface area contributed by atoms with Gasteiger partial charge in [0.1, 0.15) is 11.5 Å². The SMILES string of the molecule is Cc1ccc(F)c(NC(=O)NC(C)(C)CCC(=O)O)c1F. The molecule has 0 radical (unpaired) electrons. The van der Waals surface area contributed by atoms with E-state index in [1.165, 1.54) is 13.0 Å². The Bertz CT molecular complexity index is 559. The number of carboxylic acids is 1. The highest BCUT2D eigenvalue weighted by molar-refractivity contribution is 5.90. The van der Waals surface area contributed by atoms with Gasteiger partial charge in [0.15, 0.2) is 5.82 Å². The van der Waals surface area contributed by atoms with Crippen molar-refractivity contribution in [1.29, 1.82) is 0 Å². The molecular weight excluding hydrogens is 282 g/mol. The van der Waals surface area contributed by atoms with Gasteiger partial charge in [-0.15, -0.1) is 0 Å². The number of nitrogens with one attached hydrogen (secondary N) is 2. The highest BCUT2D eigenvalue weighted by atomic mass is 19.1. The maximum absolute atomic E-state index is 13.7. The number of carbonyl (C=O) groups is 2. The molecule has 0 aromatic heterocycles. The van der Waals surface area contributed by atoms with Crippen LogP contribution in [0.1, 0.15) is 32.3 Å². The van der Waals surface area contributed by atoms with E-state index in [-0.39, 0.29) is 18.4 Å². The van der Waals surface area contributed by atoms with E-state index in [1.807, 2.05) is 0 Å². The van der Waals surface area contributed by atoms with Crippen LogP contribution in [0.25, 0.3) is 0 Å². The first-order valence-electron chi connectivity index (χ1n) is 6.38. The van der Waals surface area contributed by atoms with Crippen LogP contribution in [0.4, 0.5) is 19.3 Å². The van der Waals surface area contributed by atoms with E-state index in [0.29, 0.717) is 0 Å². The Morgan fingerprint density at radius 3 is 2.48 bits per heavy atom. The van der Waals surface area contributed by atoms with E-state index < -0.39 is 34.9 Å². The zero-order chi connectivity index (χ0) is 16.2. The molecule has 0 aliphatic heterocycles. The van der Waals surface area contributed by atoms with E-state index in [2.05, 4.69) is 10.6 Å². The van der Waals surface area contributed by atoms with Crippen LogP contribution in [-0.2, 0) is 4.79 Å². The zero-order valence-electron chi connectivity index (χ0n) is 12.1. The summed E-state index contributed by atoms with van der Waals surface area (Å²) in [5, 5.41) is 13.2.